The van der Waals surface area contributed by atoms with Crippen molar-refractivity contribution in [3.63, 3.8) is 0 Å². The number of carboxylic acid groups (broad SMARTS) is 1. The fourth-order valence-corrected chi connectivity index (χ4v) is 6.96. The van der Waals surface area contributed by atoms with Gasteiger partial charge in [-0.3, -0.25) is 9.59 Å². The number of benzene rings is 3. The number of carbonyl (C=O) groups is 2. The molecule has 0 aliphatic carbocycles. The maximum atomic E-state index is 13.3. The van der Waals surface area contributed by atoms with E-state index in [2.05, 4.69) is 5.32 Å². The summed E-state index contributed by atoms with van der Waals surface area (Å²) in [5.41, 5.74) is 2.31. The minimum atomic E-state index is -4.07. The molecule has 38 heavy (non-hydrogen) atoms. The van der Waals surface area contributed by atoms with Gasteiger partial charge in [-0.1, -0.05) is 65.7 Å². The zero-order chi connectivity index (χ0) is 27.4. The lowest BCUT2D eigenvalue weighted by atomic mass is 9.98. The number of rotatable bonds is 9. The zero-order valence-electron chi connectivity index (χ0n) is 20.4. The minimum absolute atomic E-state index is 0.108. The summed E-state index contributed by atoms with van der Waals surface area (Å²) in [5, 5.41) is 12.6. The largest absolute Gasteiger partial charge is 0.496 e. The number of halogens is 2. The molecule has 4 rings (SSSR count). The molecule has 3 aromatic rings. The van der Waals surface area contributed by atoms with Crippen molar-refractivity contribution < 1.29 is 27.9 Å². The van der Waals surface area contributed by atoms with Gasteiger partial charge in [0.1, 0.15) is 11.8 Å². The monoisotopic (exact) mass is 576 g/mol. The average molecular weight is 577 g/mol. The number of methoxy groups -OCH3 is 1. The summed E-state index contributed by atoms with van der Waals surface area (Å²) in [7, 11) is -2.49. The predicted molar refractivity (Wildman–Crippen MR) is 145 cm³/mol. The maximum Gasteiger partial charge on any atom is 0.305 e. The highest BCUT2D eigenvalue weighted by Crippen LogP contribution is 2.32. The van der Waals surface area contributed by atoms with Crippen molar-refractivity contribution in [2.45, 2.75) is 36.2 Å². The highest BCUT2D eigenvalue weighted by molar-refractivity contribution is 7.89. The quantitative estimate of drug-likeness (QED) is 0.364. The molecule has 8 nitrogen and oxygen atoms in total. The van der Waals surface area contributed by atoms with Crippen LogP contribution in [0.4, 0.5) is 0 Å². The lowest BCUT2D eigenvalue weighted by Gasteiger charge is -2.26. The standard InChI is InChI=1S/C27H26Cl2N2O6S/c1-37-25-7-3-2-5-22(25)17-8-10-18(11-9-17)23(16-26(32)33)30-27(34)24-6-4-12-31(24)38(35,36)21-14-19(28)13-20(29)15-21/h2-3,5,7-11,13-15,23-24H,4,6,12,16H2,1H3,(H,30,34)(H,32,33)/t23-,24-/m1/s1. The van der Waals surface area contributed by atoms with Gasteiger partial charge < -0.3 is 15.2 Å². The summed E-state index contributed by atoms with van der Waals surface area (Å²) < 4.78 is 33.2. The molecule has 0 radical (unpaired) electrons. The zero-order valence-corrected chi connectivity index (χ0v) is 22.8. The molecular weight excluding hydrogens is 551 g/mol. The molecule has 0 saturated carbocycles. The van der Waals surface area contributed by atoms with Crippen LogP contribution in [0.2, 0.25) is 10.0 Å². The Kier molecular flexibility index (Phi) is 8.62. The lowest BCUT2D eigenvalue weighted by Crippen LogP contribution is -2.47. The second-order valence-electron chi connectivity index (χ2n) is 8.86. The van der Waals surface area contributed by atoms with E-state index in [9.17, 15) is 23.1 Å². The molecular formula is C27H26Cl2N2O6S. The maximum absolute atomic E-state index is 13.3. The third-order valence-electron chi connectivity index (χ3n) is 6.38. The number of carboxylic acids is 1. The van der Waals surface area contributed by atoms with E-state index in [1.807, 2.05) is 36.4 Å². The number of nitrogens with one attached hydrogen (secondary N) is 1. The summed E-state index contributed by atoms with van der Waals surface area (Å²) in [6.45, 7) is 0.141. The molecule has 1 heterocycles. The Labute approximate surface area is 231 Å². The summed E-state index contributed by atoms with van der Waals surface area (Å²) >= 11 is 12.0. The molecule has 0 bridgehead atoms. The predicted octanol–water partition coefficient (Wildman–Crippen LogP) is 5.15. The van der Waals surface area contributed by atoms with Crippen LogP contribution in [0.25, 0.3) is 11.1 Å². The molecule has 1 fully saturated rings. The van der Waals surface area contributed by atoms with Crippen LogP contribution in [0.1, 0.15) is 30.9 Å². The number of hydrogen-bond donors (Lipinski definition) is 2. The topological polar surface area (TPSA) is 113 Å². The molecule has 0 spiro atoms. The van der Waals surface area contributed by atoms with E-state index in [0.717, 1.165) is 15.4 Å². The third-order valence-corrected chi connectivity index (χ3v) is 8.70. The molecule has 1 saturated heterocycles. The van der Waals surface area contributed by atoms with Gasteiger partial charge in [0, 0.05) is 22.2 Å². The van der Waals surface area contributed by atoms with Crippen molar-refractivity contribution in [2.75, 3.05) is 13.7 Å². The Bertz CT molecular complexity index is 1430. The molecule has 2 N–H and O–H groups in total. The van der Waals surface area contributed by atoms with Crippen molar-refractivity contribution in [3.8, 4) is 16.9 Å². The van der Waals surface area contributed by atoms with Crippen LogP contribution in [0.15, 0.2) is 71.6 Å². The van der Waals surface area contributed by atoms with Crippen LogP contribution in [0, 0.1) is 0 Å². The van der Waals surface area contributed by atoms with Crippen molar-refractivity contribution in [1.82, 2.24) is 9.62 Å². The number of amides is 1. The Hall–Kier alpha value is -3.11. The smallest absolute Gasteiger partial charge is 0.305 e. The summed E-state index contributed by atoms with van der Waals surface area (Å²) in [6.07, 6.45) is 0.401. The second-order valence-corrected chi connectivity index (χ2v) is 11.6. The van der Waals surface area contributed by atoms with Crippen LogP contribution in [-0.2, 0) is 19.6 Å². The van der Waals surface area contributed by atoms with Crippen molar-refractivity contribution >= 4 is 45.1 Å². The molecule has 1 aliphatic rings. The summed E-state index contributed by atoms with van der Waals surface area (Å²) in [5.74, 6) is -0.980. The van der Waals surface area contributed by atoms with E-state index in [-0.39, 0.29) is 27.9 Å². The average Bonchev–Trinajstić information content (AvgIpc) is 3.39. The van der Waals surface area contributed by atoms with Crippen LogP contribution >= 0.6 is 23.2 Å². The molecule has 11 heteroatoms. The first-order valence-corrected chi connectivity index (χ1v) is 14.0. The van der Waals surface area contributed by atoms with Crippen molar-refractivity contribution in [3.05, 3.63) is 82.3 Å². The van der Waals surface area contributed by atoms with E-state index in [1.54, 1.807) is 19.2 Å². The van der Waals surface area contributed by atoms with Crippen LogP contribution in [0.3, 0.4) is 0 Å². The Balaban J connectivity index is 1.57. The number of aliphatic carboxylic acids is 1. The van der Waals surface area contributed by atoms with Crippen LogP contribution in [-0.4, -0.2) is 49.4 Å². The van der Waals surface area contributed by atoms with E-state index in [0.29, 0.717) is 24.2 Å². The number of hydrogen-bond acceptors (Lipinski definition) is 5. The van der Waals surface area contributed by atoms with Gasteiger partial charge in [-0.2, -0.15) is 4.31 Å². The summed E-state index contributed by atoms with van der Waals surface area (Å²) in [6, 6.07) is 16.8. The molecule has 0 aromatic heterocycles. The highest BCUT2D eigenvalue weighted by atomic mass is 35.5. The van der Waals surface area contributed by atoms with Crippen molar-refractivity contribution in [2.24, 2.45) is 0 Å². The van der Waals surface area contributed by atoms with Gasteiger partial charge in [-0.15, -0.1) is 0 Å². The Morgan fingerprint density at radius 3 is 2.37 bits per heavy atom. The normalized spacial score (nSPS) is 16.7. The third kappa shape index (κ3) is 6.13. The van der Waals surface area contributed by atoms with Gasteiger partial charge in [-0.25, -0.2) is 8.42 Å². The van der Waals surface area contributed by atoms with Crippen LogP contribution < -0.4 is 10.1 Å². The van der Waals surface area contributed by atoms with Gasteiger partial charge in [0.05, 0.1) is 24.5 Å². The molecule has 2 atom stereocenters. The second kappa shape index (κ2) is 11.7. The number of para-hydroxylation sites is 1. The number of ether oxygens (including phenoxy) is 1. The fourth-order valence-electron chi connectivity index (χ4n) is 4.58. The number of sulfonamides is 1. The van der Waals surface area contributed by atoms with E-state index in [4.69, 9.17) is 27.9 Å². The molecule has 0 unspecified atom stereocenters. The first-order chi connectivity index (χ1) is 18.1. The van der Waals surface area contributed by atoms with Crippen LogP contribution in [0.5, 0.6) is 5.75 Å². The van der Waals surface area contributed by atoms with Gasteiger partial charge >= 0.3 is 5.97 Å². The van der Waals surface area contributed by atoms with Gasteiger partial charge in [0.2, 0.25) is 15.9 Å². The SMILES string of the molecule is COc1ccccc1-c1ccc([C@@H](CC(=O)O)NC(=O)[C@H]2CCCN2S(=O)(=O)c2cc(Cl)cc(Cl)c2)cc1. The van der Waals surface area contributed by atoms with Crippen molar-refractivity contribution in [1.29, 1.82) is 0 Å². The summed E-state index contributed by atoms with van der Waals surface area (Å²) in [4.78, 5) is 24.8. The van der Waals surface area contributed by atoms with E-state index >= 15 is 0 Å². The van der Waals surface area contributed by atoms with Gasteiger partial charge in [-0.05, 0) is 48.2 Å². The fraction of sp³-hybridized carbons (Fsp3) is 0.259. The highest BCUT2D eigenvalue weighted by Gasteiger charge is 2.40. The molecule has 200 valence electrons. The van der Waals surface area contributed by atoms with Gasteiger partial charge in [0.15, 0.2) is 0 Å². The Morgan fingerprint density at radius 2 is 1.74 bits per heavy atom. The molecule has 1 amide bonds. The first-order valence-electron chi connectivity index (χ1n) is 11.8. The lowest BCUT2D eigenvalue weighted by molar-refractivity contribution is -0.137. The van der Waals surface area contributed by atoms with Gasteiger partial charge in [0.25, 0.3) is 0 Å². The first kappa shape index (κ1) is 27.9. The molecule has 3 aromatic carbocycles. The number of carbonyl (C=O) groups excluding carboxylic acids is 1. The van der Waals surface area contributed by atoms with E-state index < -0.39 is 34.0 Å². The Morgan fingerprint density at radius 1 is 1.08 bits per heavy atom. The molecule has 1 aliphatic heterocycles. The minimum Gasteiger partial charge on any atom is -0.496 e. The number of nitrogens with zero attached hydrogens (tertiary/aromatic N) is 1. The van der Waals surface area contributed by atoms with E-state index in [1.165, 1.54) is 18.2 Å².